The minimum atomic E-state index is -4.67. The molecule has 0 aliphatic heterocycles. The number of carbonyl (C=O) groups excluding carboxylic acids is 2. The number of hydrogen-bond acceptors (Lipinski definition) is 3. The van der Waals surface area contributed by atoms with Gasteiger partial charge in [0.15, 0.2) is 6.20 Å². The fraction of sp³-hybridized carbons (Fsp3) is 0.250. The first-order chi connectivity index (χ1) is 23.0. The third-order valence-corrected chi connectivity index (χ3v) is 8.80. The molecule has 1 saturated carbocycles. The fourth-order valence-electron chi connectivity index (χ4n) is 6.32. The van der Waals surface area contributed by atoms with Gasteiger partial charge in [-0.3, -0.25) is 9.59 Å². The molecule has 3 aromatic heterocycles. The van der Waals surface area contributed by atoms with Crippen molar-refractivity contribution in [1.82, 2.24) is 4.40 Å². The van der Waals surface area contributed by atoms with E-state index in [2.05, 4.69) is 15.6 Å². The van der Waals surface area contributed by atoms with E-state index < -0.39 is 40.8 Å². The second-order valence-electron chi connectivity index (χ2n) is 11.8. The van der Waals surface area contributed by atoms with Crippen LogP contribution in [0.1, 0.15) is 47.3 Å². The van der Waals surface area contributed by atoms with E-state index in [0.29, 0.717) is 23.5 Å². The lowest BCUT2D eigenvalue weighted by atomic mass is 9.93. The molecule has 5 aromatic rings. The Morgan fingerprint density at radius 1 is 1.00 bits per heavy atom. The van der Waals surface area contributed by atoms with Crippen LogP contribution in [-0.4, -0.2) is 41.9 Å². The maximum atomic E-state index is 15.1. The molecule has 7 nitrogen and oxygen atoms in total. The fourth-order valence-corrected chi connectivity index (χ4v) is 6.32. The summed E-state index contributed by atoms with van der Waals surface area (Å²) in [4.78, 5) is 28.9. The molecule has 1 aliphatic rings. The van der Waals surface area contributed by atoms with Crippen molar-refractivity contribution in [3.8, 4) is 11.1 Å². The number of pyridine rings is 2. The summed E-state index contributed by atoms with van der Waals surface area (Å²) in [6, 6.07) is 13.6. The van der Waals surface area contributed by atoms with Crippen LogP contribution in [-0.2, 0) is 15.7 Å². The van der Waals surface area contributed by atoms with Crippen molar-refractivity contribution in [2.75, 3.05) is 19.0 Å². The third kappa shape index (κ3) is 6.85. The highest BCUT2D eigenvalue weighted by atomic mass is 19.4. The number of rotatable bonds is 9. The largest absolute Gasteiger partial charge is 0.417 e. The molecule has 0 saturated heterocycles. The Hall–Kier alpha value is -4.94. The number of carbonyl (C=O) groups is 2. The number of nitrogens with zero attached hydrogens (tertiary/aromatic N) is 1. The lowest BCUT2D eigenvalue weighted by Gasteiger charge is -2.25. The van der Waals surface area contributed by atoms with Gasteiger partial charge < -0.3 is 19.8 Å². The Kier molecular flexibility index (Phi) is 9.38. The molecule has 248 valence electrons. The molecule has 3 heterocycles. The Morgan fingerprint density at radius 2 is 1.75 bits per heavy atom. The number of methoxy groups -OCH3 is 1. The summed E-state index contributed by atoms with van der Waals surface area (Å²) >= 11 is 0. The van der Waals surface area contributed by atoms with Gasteiger partial charge >= 0.3 is 6.18 Å². The second kappa shape index (κ2) is 13.7. The van der Waals surface area contributed by atoms with Gasteiger partial charge in [0.25, 0.3) is 0 Å². The number of nitrogens with one attached hydrogen (secondary N) is 2. The van der Waals surface area contributed by atoms with Crippen LogP contribution in [0.15, 0.2) is 85.2 Å². The molecule has 4 N–H and O–H groups in total. The van der Waals surface area contributed by atoms with Crippen LogP contribution in [0.5, 0.6) is 0 Å². The number of alkyl halides is 3. The van der Waals surface area contributed by atoms with Gasteiger partial charge in [-0.25, -0.2) is 13.8 Å². The third-order valence-electron chi connectivity index (χ3n) is 8.80. The van der Waals surface area contributed by atoms with Crippen molar-refractivity contribution in [2.45, 2.75) is 44.0 Å². The number of benzene rings is 2. The molecule has 1 aliphatic carbocycles. The summed E-state index contributed by atoms with van der Waals surface area (Å²) in [5.41, 5.74) is -1.01. The lowest BCUT2D eigenvalue weighted by molar-refractivity contribution is -0.684. The number of quaternary nitrogens is 1. The summed E-state index contributed by atoms with van der Waals surface area (Å²) in [6.07, 6.45) is 5.50. The van der Waals surface area contributed by atoms with Crippen LogP contribution >= 0.6 is 0 Å². The number of amides is 1. The zero-order valence-electron chi connectivity index (χ0n) is 25.9. The van der Waals surface area contributed by atoms with Crippen LogP contribution < -0.4 is 15.6 Å². The van der Waals surface area contributed by atoms with Crippen LogP contribution in [0.2, 0.25) is 0 Å². The molecule has 0 atom stereocenters. The smallest absolute Gasteiger partial charge is 0.381 e. The number of anilines is 1. The van der Waals surface area contributed by atoms with Gasteiger partial charge in [-0.05, 0) is 61.4 Å². The summed E-state index contributed by atoms with van der Waals surface area (Å²) in [6.45, 7) is 0.526. The average molecular weight is 665 g/mol. The number of aromatic nitrogens is 2. The van der Waals surface area contributed by atoms with Gasteiger partial charge in [0.1, 0.15) is 17.3 Å². The Morgan fingerprint density at radius 3 is 2.46 bits per heavy atom. The zero-order chi connectivity index (χ0) is 34.0. The quantitative estimate of drug-likeness (QED) is 0.113. The van der Waals surface area contributed by atoms with E-state index in [0.717, 1.165) is 43.9 Å². The highest BCUT2D eigenvalue weighted by Crippen LogP contribution is 2.40. The standard InChI is InChI=1S/C36H31F5N4O3/c1-48-24-10-8-23(9-11-24)42-14-3-7-33(46)44-34-28(37)18-22(19-29(34)38)35(47)32-13-12-31-25(6-4-16-45(31)32)26-20-30-21(5-2-15-43-30)17-27(26)36(39,40)41/h2-7,12-13,15-20,23-24,42H,8-11,14H2,1H3,(H,44,46)/p+2/b7-3+. The lowest BCUT2D eigenvalue weighted by Crippen LogP contribution is -2.90. The summed E-state index contributed by atoms with van der Waals surface area (Å²) in [5, 5.41) is 4.69. The van der Waals surface area contributed by atoms with Gasteiger partial charge in [0, 0.05) is 66.4 Å². The molecule has 6 rings (SSSR count). The number of nitrogens with two attached hydrogens (primary N) is 1. The number of ketones is 1. The molecule has 0 radical (unpaired) electrons. The zero-order valence-corrected chi connectivity index (χ0v) is 25.9. The molecule has 1 amide bonds. The predicted octanol–water partition coefficient (Wildman–Crippen LogP) is 6.12. The first kappa shape index (κ1) is 33.0. The first-order valence-corrected chi connectivity index (χ1v) is 15.5. The van der Waals surface area contributed by atoms with Crippen molar-refractivity contribution < 1.29 is 46.6 Å². The SMILES string of the molecule is COC1CCC([NH2+]C/C=C/C(=O)Nc2c(F)cc(C(=O)c3ccc4c(-c5cc6[nH+]cccc6cc5C(F)(F)F)cccn34)cc2F)CC1. The van der Waals surface area contributed by atoms with Gasteiger partial charge in [0.05, 0.1) is 35.5 Å². The predicted molar refractivity (Wildman–Crippen MR) is 169 cm³/mol. The van der Waals surface area contributed by atoms with Gasteiger partial charge in [-0.1, -0.05) is 6.07 Å². The monoisotopic (exact) mass is 664 g/mol. The van der Waals surface area contributed by atoms with Crippen LogP contribution in [0.3, 0.4) is 0 Å². The molecule has 12 heteroatoms. The highest BCUT2D eigenvalue weighted by molar-refractivity contribution is 6.09. The summed E-state index contributed by atoms with van der Waals surface area (Å²) in [7, 11) is 1.71. The summed E-state index contributed by atoms with van der Waals surface area (Å²) in [5.74, 6) is -3.78. The average Bonchev–Trinajstić information content (AvgIpc) is 3.51. The van der Waals surface area contributed by atoms with Crippen molar-refractivity contribution in [2.24, 2.45) is 0 Å². The minimum Gasteiger partial charge on any atom is -0.381 e. The van der Waals surface area contributed by atoms with Gasteiger partial charge in [0.2, 0.25) is 17.2 Å². The topological polar surface area (TPSA) is 90.6 Å². The van der Waals surface area contributed by atoms with E-state index >= 15 is 8.78 Å². The van der Waals surface area contributed by atoms with E-state index in [9.17, 15) is 22.8 Å². The maximum absolute atomic E-state index is 15.1. The number of ether oxygens (including phenoxy) is 1. The van der Waals surface area contributed by atoms with Crippen molar-refractivity contribution in [3.05, 3.63) is 114 Å². The molecule has 0 unspecified atom stereocenters. The Bertz CT molecular complexity index is 2010. The molecule has 1 fully saturated rings. The van der Waals surface area contributed by atoms with Crippen LogP contribution in [0, 0.1) is 11.6 Å². The Balaban J connectivity index is 1.21. The molecule has 0 bridgehead atoms. The van der Waals surface area contributed by atoms with Crippen molar-refractivity contribution in [3.63, 3.8) is 0 Å². The molecule has 48 heavy (non-hydrogen) atoms. The van der Waals surface area contributed by atoms with E-state index in [1.165, 1.54) is 47.0 Å². The van der Waals surface area contributed by atoms with Crippen LogP contribution in [0.4, 0.5) is 27.6 Å². The molecular weight excluding hydrogens is 631 g/mol. The molecule has 2 aromatic carbocycles. The number of aromatic amines is 1. The maximum Gasteiger partial charge on any atom is 0.417 e. The Labute approximate surface area is 272 Å². The van der Waals surface area contributed by atoms with Gasteiger partial charge in [-0.15, -0.1) is 0 Å². The van der Waals surface area contributed by atoms with E-state index in [1.807, 2.05) is 0 Å². The number of H-pyrrole nitrogens is 1. The van der Waals surface area contributed by atoms with Gasteiger partial charge in [-0.2, -0.15) is 13.2 Å². The minimum absolute atomic E-state index is 0.0155. The molecular formula is C36H33F5N4O3+2. The first-order valence-electron chi connectivity index (χ1n) is 15.5. The van der Waals surface area contributed by atoms with Crippen molar-refractivity contribution >= 4 is 33.8 Å². The second-order valence-corrected chi connectivity index (χ2v) is 11.8. The summed E-state index contributed by atoms with van der Waals surface area (Å²) < 4.78 is 79.5. The van der Waals surface area contributed by atoms with Crippen molar-refractivity contribution in [1.29, 1.82) is 0 Å². The normalized spacial score (nSPS) is 17.0. The number of hydrogen-bond donors (Lipinski definition) is 2. The van der Waals surface area contributed by atoms with E-state index in [4.69, 9.17) is 4.74 Å². The van der Waals surface area contributed by atoms with E-state index in [-0.39, 0.29) is 34.0 Å². The highest BCUT2D eigenvalue weighted by Gasteiger charge is 2.35. The van der Waals surface area contributed by atoms with Crippen LogP contribution in [0.25, 0.3) is 27.5 Å². The van der Waals surface area contributed by atoms with E-state index in [1.54, 1.807) is 31.5 Å². The number of fused-ring (bicyclic) bond motifs is 2. The number of halogens is 5. The molecule has 0 spiro atoms.